The molecule has 16 heavy (non-hydrogen) atoms. The highest BCUT2D eigenvalue weighted by Crippen LogP contribution is 2.16. The van der Waals surface area contributed by atoms with Crippen molar-refractivity contribution in [3.63, 3.8) is 0 Å². The summed E-state index contributed by atoms with van der Waals surface area (Å²) in [6.07, 6.45) is -0.938. The summed E-state index contributed by atoms with van der Waals surface area (Å²) in [6.45, 7) is -0.255. The molecule has 1 rings (SSSR count). The van der Waals surface area contributed by atoms with Gasteiger partial charge in [0.2, 0.25) is 5.91 Å². The molecule has 1 saturated heterocycles. The summed E-state index contributed by atoms with van der Waals surface area (Å²) in [5.41, 5.74) is 0. The Morgan fingerprint density at radius 3 is 2.69 bits per heavy atom. The molecule has 0 bridgehead atoms. The van der Waals surface area contributed by atoms with Crippen molar-refractivity contribution in [1.29, 1.82) is 0 Å². The van der Waals surface area contributed by atoms with Crippen molar-refractivity contribution in [2.24, 2.45) is 0 Å². The second-order valence-corrected chi connectivity index (χ2v) is 3.69. The van der Waals surface area contributed by atoms with E-state index in [4.69, 9.17) is 5.11 Å². The number of carbonyl (C=O) groups excluding carboxylic acids is 2. The van der Waals surface area contributed by atoms with Gasteiger partial charge in [0.05, 0.1) is 0 Å². The van der Waals surface area contributed by atoms with Crippen LogP contribution in [0.3, 0.4) is 0 Å². The van der Waals surface area contributed by atoms with Gasteiger partial charge in [-0.15, -0.1) is 0 Å². The summed E-state index contributed by atoms with van der Waals surface area (Å²) in [5.74, 6) is -0.737. The van der Waals surface area contributed by atoms with Crippen molar-refractivity contribution >= 4 is 18.0 Å². The number of hydrogen-bond acceptors (Lipinski definition) is 4. The summed E-state index contributed by atoms with van der Waals surface area (Å²) in [5, 5.41) is 8.77. The van der Waals surface area contributed by atoms with Crippen LogP contribution in [0.5, 0.6) is 0 Å². The van der Waals surface area contributed by atoms with Crippen LogP contribution in [0.1, 0.15) is 12.8 Å². The maximum atomic E-state index is 11.3. The van der Waals surface area contributed by atoms with E-state index in [1.807, 2.05) is 0 Å². The van der Waals surface area contributed by atoms with Crippen LogP contribution in [-0.2, 0) is 14.3 Å². The van der Waals surface area contributed by atoms with Gasteiger partial charge in [0, 0.05) is 20.5 Å². The number of carbonyl (C=O) groups is 3. The van der Waals surface area contributed by atoms with Gasteiger partial charge in [0.1, 0.15) is 6.04 Å². The Morgan fingerprint density at radius 2 is 2.19 bits per heavy atom. The fraction of sp³-hybridized carbons (Fsp3) is 0.667. The molecule has 0 aliphatic carbocycles. The summed E-state index contributed by atoms with van der Waals surface area (Å²) in [6, 6.07) is -0.860. The molecule has 0 spiro atoms. The number of carboxylic acid groups (broad SMARTS) is 1. The number of amides is 2. The Morgan fingerprint density at radius 1 is 1.56 bits per heavy atom. The zero-order valence-electron chi connectivity index (χ0n) is 9.17. The SMILES string of the molecule is CN(C)C(=O)CC[C@H]1C(=O)OCN1C(=O)O. The lowest BCUT2D eigenvalue weighted by Crippen LogP contribution is -2.38. The fourth-order valence-electron chi connectivity index (χ4n) is 1.39. The molecule has 1 fully saturated rings. The predicted octanol–water partition coefficient (Wildman–Crippen LogP) is -0.282. The average Bonchev–Trinajstić information content (AvgIpc) is 2.56. The molecule has 0 radical (unpaired) electrons. The summed E-state index contributed by atoms with van der Waals surface area (Å²) in [7, 11) is 3.20. The number of hydrogen-bond donors (Lipinski definition) is 1. The second-order valence-electron chi connectivity index (χ2n) is 3.69. The molecule has 1 N–H and O–H groups in total. The summed E-state index contributed by atoms with van der Waals surface area (Å²) >= 11 is 0. The van der Waals surface area contributed by atoms with Crippen LogP contribution in [0.4, 0.5) is 4.79 Å². The van der Waals surface area contributed by atoms with Crippen LogP contribution in [0.15, 0.2) is 0 Å². The third kappa shape index (κ3) is 2.62. The van der Waals surface area contributed by atoms with E-state index < -0.39 is 18.1 Å². The lowest BCUT2D eigenvalue weighted by Gasteiger charge is -2.17. The van der Waals surface area contributed by atoms with E-state index in [2.05, 4.69) is 4.74 Å². The minimum absolute atomic E-state index is 0.122. The molecule has 0 aromatic heterocycles. The third-order valence-corrected chi connectivity index (χ3v) is 2.37. The van der Waals surface area contributed by atoms with Crippen molar-refractivity contribution in [2.75, 3.05) is 20.8 Å². The largest absolute Gasteiger partial charge is 0.465 e. The zero-order chi connectivity index (χ0) is 12.3. The molecule has 2 amide bonds. The molecule has 1 heterocycles. The maximum absolute atomic E-state index is 11.3. The zero-order valence-corrected chi connectivity index (χ0v) is 9.17. The van der Waals surface area contributed by atoms with Crippen LogP contribution in [-0.4, -0.2) is 59.7 Å². The molecule has 7 heteroatoms. The molecule has 1 aliphatic heterocycles. The van der Waals surface area contributed by atoms with E-state index in [0.29, 0.717) is 0 Å². The molecular formula is C9H14N2O5. The first kappa shape index (κ1) is 12.3. The molecule has 90 valence electrons. The molecule has 1 atom stereocenters. The Balaban J connectivity index is 2.54. The first-order valence-corrected chi connectivity index (χ1v) is 4.80. The normalized spacial score (nSPS) is 19.5. The van der Waals surface area contributed by atoms with Crippen molar-refractivity contribution in [3.05, 3.63) is 0 Å². The Kier molecular flexibility index (Phi) is 3.70. The number of ether oxygens (including phenoxy) is 1. The second kappa shape index (κ2) is 4.82. The fourth-order valence-corrected chi connectivity index (χ4v) is 1.39. The first-order valence-electron chi connectivity index (χ1n) is 4.80. The van der Waals surface area contributed by atoms with Gasteiger partial charge in [-0.2, -0.15) is 0 Å². The lowest BCUT2D eigenvalue weighted by atomic mass is 10.1. The van der Waals surface area contributed by atoms with Gasteiger partial charge in [-0.3, -0.25) is 9.69 Å². The van der Waals surface area contributed by atoms with Crippen LogP contribution in [0.2, 0.25) is 0 Å². The van der Waals surface area contributed by atoms with Gasteiger partial charge >= 0.3 is 12.1 Å². The highest BCUT2D eigenvalue weighted by atomic mass is 16.6. The quantitative estimate of drug-likeness (QED) is 0.673. The lowest BCUT2D eigenvalue weighted by molar-refractivity contribution is -0.139. The van der Waals surface area contributed by atoms with Crippen LogP contribution in [0, 0.1) is 0 Å². The third-order valence-electron chi connectivity index (χ3n) is 2.37. The number of rotatable bonds is 3. The summed E-state index contributed by atoms with van der Waals surface area (Å²) in [4.78, 5) is 35.5. The smallest absolute Gasteiger partial charge is 0.410 e. The molecule has 0 unspecified atom stereocenters. The van der Waals surface area contributed by atoms with Crippen LogP contribution < -0.4 is 0 Å². The molecular weight excluding hydrogens is 216 g/mol. The van der Waals surface area contributed by atoms with E-state index in [9.17, 15) is 14.4 Å². The number of cyclic esters (lactones) is 1. The number of nitrogens with zero attached hydrogens (tertiary/aromatic N) is 2. The Bertz CT molecular complexity index is 315. The van der Waals surface area contributed by atoms with E-state index in [1.54, 1.807) is 14.1 Å². The van der Waals surface area contributed by atoms with Gasteiger partial charge in [-0.1, -0.05) is 0 Å². The minimum atomic E-state index is -1.21. The molecule has 0 saturated carbocycles. The van der Waals surface area contributed by atoms with Gasteiger partial charge < -0.3 is 14.7 Å². The monoisotopic (exact) mass is 230 g/mol. The summed E-state index contributed by atoms with van der Waals surface area (Å²) < 4.78 is 4.61. The van der Waals surface area contributed by atoms with Gasteiger partial charge in [0.25, 0.3) is 0 Å². The molecule has 0 aromatic carbocycles. The average molecular weight is 230 g/mol. The molecule has 0 aromatic rings. The van der Waals surface area contributed by atoms with Gasteiger partial charge in [-0.05, 0) is 6.42 Å². The van der Waals surface area contributed by atoms with Crippen molar-refractivity contribution in [3.8, 4) is 0 Å². The van der Waals surface area contributed by atoms with Crippen molar-refractivity contribution in [1.82, 2.24) is 9.80 Å². The predicted molar refractivity (Wildman–Crippen MR) is 52.5 cm³/mol. The number of esters is 1. The van der Waals surface area contributed by atoms with E-state index in [1.165, 1.54) is 4.90 Å². The van der Waals surface area contributed by atoms with Crippen molar-refractivity contribution < 1.29 is 24.2 Å². The topological polar surface area (TPSA) is 87.2 Å². The van der Waals surface area contributed by atoms with Crippen LogP contribution in [0.25, 0.3) is 0 Å². The van der Waals surface area contributed by atoms with Crippen LogP contribution >= 0.6 is 0 Å². The highest BCUT2D eigenvalue weighted by molar-refractivity contribution is 5.84. The van der Waals surface area contributed by atoms with Gasteiger partial charge in [-0.25, -0.2) is 9.59 Å². The molecule has 7 nitrogen and oxygen atoms in total. The standard InChI is InChI=1S/C9H14N2O5/c1-10(2)7(12)4-3-6-8(13)16-5-11(6)9(14)15/h6H,3-5H2,1-2H3,(H,14,15)/t6-/m0/s1. The maximum Gasteiger partial charge on any atom is 0.410 e. The first-order chi connectivity index (χ1) is 7.43. The Hall–Kier alpha value is -1.79. The highest BCUT2D eigenvalue weighted by Gasteiger charge is 2.37. The van der Waals surface area contributed by atoms with E-state index in [0.717, 1.165) is 4.90 Å². The van der Waals surface area contributed by atoms with E-state index >= 15 is 0 Å². The molecule has 1 aliphatic rings. The van der Waals surface area contributed by atoms with E-state index in [-0.39, 0.29) is 25.5 Å². The van der Waals surface area contributed by atoms with Gasteiger partial charge in [0.15, 0.2) is 6.73 Å². The van der Waals surface area contributed by atoms with Crippen molar-refractivity contribution in [2.45, 2.75) is 18.9 Å². The minimum Gasteiger partial charge on any atom is -0.465 e. The Labute approximate surface area is 92.6 Å².